The molecule has 16 heavy (non-hydrogen) atoms. The molecule has 0 amide bonds. The predicted molar refractivity (Wildman–Crippen MR) is 71.0 cm³/mol. The van der Waals surface area contributed by atoms with E-state index in [4.69, 9.17) is 5.73 Å². The molecule has 2 fully saturated rings. The van der Waals surface area contributed by atoms with Crippen LogP contribution in [0.1, 0.15) is 19.8 Å². The Balaban J connectivity index is 2.07. The van der Waals surface area contributed by atoms with Gasteiger partial charge in [-0.2, -0.15) is 0 Å². The van der Waals surface area contributed by atoms with Crippen molar-refractivity contribution in [1.29, 1.82) is 0 Å². The van der Waals surface area contributed by atoms with Crippen LogP contribution in [0.3, 0.4) is 0 Å². The molecule has 0 saturated carbocycles. The van der Waals surface area contributed by atoms with Crippen LogP contribution in [0, 0.1) is 0 Å². The van der Waals surface area contributed by atoms with Gasteiger partial charge in [0.15, 0.2) is 5.17 Å². The average Bonchev–Trinajstić information content (AvgIpc) is 2.55. The second-order valence-corrected chi connectivity index (χ2v) is 5.57. The van der Waals surface area contributed by atoms with Crippen LogP contribution in [0.4, 0.5) is 0 Å². The van der Waals surface area contributed by atoms with Gasteiger partial charge in [-0.15, -0.1) is 0 Å². The summed E-state index contributed by atoms with van der Waals surface area (Å²) in [6, 6.07) is 1.32. The summed E-state index contributed by atoms with van der Waals surface area (Å²) in [4.78, 5) is 7.19. The molecule has 2 rings (SSSR count). The van der Waals surface area contributed by atoms with Gasteiger partial charge in [0.05, 0.1) is 6.54 Å². The van der Waals surface area contributed by atoms with E-state index in [-0.39, 0.29) is 0 Å². The summed E-state index contributed by atoms with van der Waals surface area (Å²) in [6.07, 6.45) is 2.62. The number of aliphatic imine (C=N–C) groups is 1. The lowest BCUT2D eigenvalue weighted by atomic mass is 10.2. The first kappa shape index (κ1) is 12.2. The fraction of sp³-hybridized carbons (Fsp3) is 0.909. The van der Waals surface area contributed by atoms with Gasteiger partial charge >= 0.3 is 0 Å². The van der Waals surface area contributed by atoms with Crippen LogP contribution < -0.4 is 11.1 Å². The second kappa shape index (κ2) is 5.89. The molecule has 2 aliphatic rings. The Morgan fingerprint density at radius 1 is 1.44 bits per heavy atom. The number of fused-ring (bicyclic) bond motifs is 2. The van der Waals surface area contributed by atoms with Gasteiger partial charge < -0.3 is 16.0 Å². The quantitative estimate of drug-likeness (QED) is 0.559. The monoisotopic (exact) mass is 242 g/mol. The van der Waals surface area contributed by atoms with Gasteiger partial charge in [0.2, 0.25) is 0 Å². The zero-order chi connectivity index (χ0) is 11.4. The van der Waals surface area contributed by atoms with Gasteiger partial charge in [-0.3, -0.25) is 4.99 Å². The Bertz CT molecular complexity index is 240. The zero-order valence-electron chi connectivity index (χ0n) is 9.98. The minimum atomic E-state index is 0.648. The standard InChI is InChI=1S/C11H22N4S/c1-2-16-11(14-6-5-12)15-9-3-4-10(15)8-13-7-9/h9-10,13H,2-8,12H2,1H3. The SMILES string of the molecule is CCSC(=NCCN)N1C2CCC1CNC2. The van der Waals surface area contributed by atoms with Gasteiger partial charge in [-0.1, -0.05) is 18.7 Å². The number of thioether (sulfide) groups is 1. The van der Waals surface area contributed by atoms with Crippen LogP contribution in [0.5, 0.6) is 0 Å². The van der Waals surface area contributed by atoms with Crippen LogP contribution in [0.15, 0.2) is 4.99 Å². The largest absolute Gasteiger partial charge is 0.343 e. The molecule has 2 aliphatic heterocycles. The highest BCUT2D eigenvalue weighted by Gasteiger charge is 2.38. The summed E-state index contributed by atoms with van der Waals surface area (Å²) in [6.45, 7) is 5.82. The number of hydrogen-bond acceptors (Lipinski definition) is 4. The summed E-state index contributed by atoms with van der Waals surface area (Å²) in [5, 5.41) is 4.72. The summed E-state index contributed by atoms with van der Waals surface area (Å²) >= 11 is 1.86. The first-order chi connectivity index (χ1) is 7.86. The van der Waals surface area contributed by atoms with Crippen LogP contribution in [0.2, 0.25) is 0 Å². The van der Waals surface area contributed by atoms with Crippen molar-refractivity contribution in [1.82, 2.24) is 10.2 Å². The highest BCUT2D eigenvalue weighted by atomic mass is 32.2. The Labute approximate surface area is 102 Å². The second-order valence-electron chi connectivity index (χ2n) is 4.34. The molecule has 0 aromatic heterocycles. The third-order valence-corrected chi connectivity index (χ3v) is 4.14. The van der Waals surface area contributed by atoms with Crippen LogP contribution in [0.25, 0.3) is 0 Å². The molecular formula is C11H22N4S. The van der Waals surface area contributed by atoms with E-state index in [1.165, 1.54) is 18.0 Å². The van der Waals surface area contributed by atoms with E-state index < -0.39 is 0 Å². The molecule has 0 radical (unpaired) electrons. The maximum Gasteiger partial charge on any atom is 0.159 e. The Hall–Kier alpha value is -0.260. The van der Waals surface area contributed by atoms with E-state index in [0.717, 1.165) is 25.4 Å². The van der Waals surface area contributed by atoms with E-state index in [0.29, 0.717) is 18.6 Å². The highest BCUT2D eigenvalue weighted by Crippen LogP contribution is 2.29. The first-order valence-corrected chi connectivity index (χ1v) is 7.21. The normalized spacial score (nSPS) is 29.9. The molecule has 0 aromatic rings. The molecule has 3 N–H and O–H groups in total. The van der Waals surface area contributed by atoms with Crippen molar-refractivity contribution in [3.8, 4) is 0 Å². The van der Waals surface area contributed by atoms with E-state index in [2.05, 4.69) is 22.1 Å². The van der Waals surface area contributed by atoms with Crippen LogP contribution >= 0.6 is 11.8 Å². The lowest BCUT2D eigenvalue weighted by molar-refractivity contribution is 0.257. The first-order valence-electron chi connectivity index (χ1n) is 6.23. The zero-order valence-corrected chi connectivity index (χ0v) is 10.8. The third kappa shape index (κ3) is 2.52. The summed E-state index contributed by atoms with van der Waals surface area (Å²) in [5.74, 6) is 1.09. The minimum absolute atomic E-state index is 0.648. The van der Waals surface area contributed by atoms with Gasteiger partial charge in [-0.05, 0) is 18.6 Å². The maximum absolute atomic E-state index is 5.54. The number of hydrogen-bond donors (Lipinski definition) is 2. The van der Waals surface area contributed by atoms with E-state index in [9.17, 15) is 0 Å². The Morgan fingerprint density at radius 3 is 2.69 bits per heavy atom. The van der Waals surface area contributed by atoms with Crippen molar-refractivity contribution < 1.29 is 0 Å². The fourth-order valence-electron chi connectivity index (χ4n) is 2.58. The maximum atomic E-state index is 5.54. The van der Waals surface area contributed by atoms with Crippen molar-refractivity contribution in [3.63, 3.8) is 0 Å². The predicted octanol–water partition coefficient (Wildman–Crippen LogP) is 0.490. The van der Waals surface area contributed by atoms with Gasteiger partial charge in [0.25, 0.3) is 0 Å². The number of nitrogens with zero attached hydrogens (tertiary/aromatic N) is 2. The smallest absolute Gasteiger partial charge is 0.159 e. The average molecular weight is 242 g/mol. The molecule has 0 aliphatic carbocycles. The number of nitrogens with one attached hydrogen (secondary N) is 1. The number of amidine groups is 1. The van der Waals surface area contributed by atoms with Crippen molar-refractivity contribution in [2.75, 3.05) is 31.9 Å². The summed E-state index contributed by atoms with van der Waals surface area (Å²) < 4.78 is 0. The molecule has 2 saturated heterocycles. The summed E-state index contributed by atoms with van der Waals surface area (Å²) in [7, 11) is 0. The highest BCUT2D eigenvalue weighted by molar-refractivity contribution is 8.13. The van der Waals surface area contributed by atoms with Crippen LogP contribution in [-0.2, 0) is 0 Å². The van der Waals surface area contributed by atoms with Crippen LogP contribution in [-0.4, -0.2) is 54.1 Å². The molecule has 4 nitrogen and oxygen atoms in total. The third-order valence-electron chi connectivity index (χ3n) is 3.25. The van der Waals surface area contributed by atoms with Gasteiger partial charge in [-0.25, -0.2) is 0 Å². The molecule has 92 valence electrons. The molecule has 2 atom stereocenters. The molecule has 5 heteroatoms. The summed E-state index contributed by atoms with van der Waals surface area (Å²) in [5.41, 5.74) is 5.54. The molecule has 2 heterocycles. The van der Waals surface area contributed by atoms with Gasteiger partial charge in [0, 0.05) is 31.7 Å². The molecule has 0 spiro atoms. The van der Waals surface area contributed by atoms with Crippen molar-refractivity contribution in [2.45, 2.75) is 31.8 Å². The molecule has 2 unspecified atom stereocenters. The topological polar surface area (TPSA) is 53.6 Å². The molecule has 2 bridgehead atoms. The number of rotatable bonds is 3. The van der Waals surface area contributed by atoms with E-state index >= 15 is 0 Å². The fourth-order valence-corrected chi connectivity index (χ4v) is 3.47. The van der Waals surface area contributed by atoms with Crippen molar-refractivity contribution in [2.24, 2.45) is 10.7 Å². The van der Waals surface area contributed by atoms with E-state index in [1.54, 1.807) is 0 Å². The Kier molecular flexibility index (Phi) is 4.49. The molecular weight excluding hydrogens is 220 g/mol. The van der Waals surface area contributed by atoms with Gasteiger partial charge in [0.1, 0.15) is 0 Å². The Morgan fingerprint density at radius 2 is 2.12 bits per heavy atom. The van der Waals surface area contributed by atoms with Crippen molar-refractivity contribution >= 4 is 16.9 Å². The number of piperazine rings is 1. The molecule has 0 aromatic carbocycles. The van der Waals surface area contributed by atoms with E-state index in [1.807, 2.05) is 11.8 Å². The number of nitrogens with two attached hydrogens (primary N) is 1. The minimum Gasteiger partial charge on any atom is -0.343 e. The lowest BCUT2D eigenvalue weighted by Gasteiger charge is -2.37. The van der Waals surface area contributed by atoms with Crippen molar-refractivity contribution in [3.05, 3.63) is 0 Å². The lowest BCUT2D eigenvalue weighted by Crippen LogP contribution is -2.53.